The number of nitrogens with one attached hydrogen (secondary N) is 1. The number of halogens is 1. The number of benzene rings is 2. The van der Waals surface area contributed by atoms with Crippen LogP contribution in [0.15, 0.2) is 42.0 Å². The first kappa shape index (κ1) is 25.0. The lowest BCUT2D eigenvalue weighted by Gasteiger charge is -2.14. The lowest BCUT2D eigenvalue weighted by atomic mass is 10.1. The van der Waals surface area contributed by atoms with Crippen LogP contribution in [0.2, 0.25) is 0 Å². The molecule has 0 saturated heterocycles. The molecule has 9 heteroatoms. The van der Waals surface area contributed by atoms with Crippen LogP contribution in [0.3, 0.4) is 0 Å². The molecule has 0 radical (unpaired) electrons. The molecule has 1 amide bonds. The molecule has 0 unspecified atom stereocenters. The van der Waals surface area contributed by atoms with E-state index in [2.05, 4.69) is 10.1 Å². The van der Waals surface area contributed by atoms with Crippen LogP contribution in [0.25, 0.3) is 6.08 Å². The average molecular weight is 550 g/mol. The second-order valence-corrected chi connectivity index (χ2v) is 7.37. The SMILES string of the molecule is CCOc1ccc(NC(=O)/C(C#N)=C/c2cc(I)c(OCC(=O)OC)c(OCC)c2)cc1. The lowest BCUT2D eigenvalue weighted by molar-refractivity contribution is -0.142. The Bertz CT molecular complexity index is 1030. The van der Waals surface area contributed by atoms with Crippen LogP contribution in [-0.2, 0) is 14.3 Å². The molecule has 8 nitrogen and oxygen atoms in total. The van der Waals surface area contributed by atoms with E-state index >= 15 is 0 Å². The number of hydrogen-bond donors (Lipinski definition) is 1. The summed E-state index contributed by atoms with van der Waals surface area (Å²) in [6.07, 6.45) is 1.46. The van der Waals surface area contributed by atoms with Crippen molar-refractivity contribution >= 4 is 46.2 Å². The van der Waals surface area contributed by atoms with Gasteiger partial charge in [0.15, 0.2) is 18.1 Å². The molecule has 32 heavy (non-hydrogen) atoms. The van der Waals surface area contributed by atoms with E-state index in [-0.39, 0.29) is 12.2 Å². The number of rotatable bonds is 10. The van der Waals surface area contributed by atoms with Crippen molar-refractivity contribution in [2.75, 3.05) is 32.2 Å². The molecule has 2 aromatic rings. The van der Waals surface area contributed by atoms with Gasteiger partial charge in [0.2, 0.25) is 0 Å². The van der Waals surface area contributed by atoms with E-state index in [1.54, 1.807) is 36.4 Å². The fourth-order valence-corrected chi connectivity index (χ4v) is 3.36. The third kappa shape index (κ3) is 7.16. The number of methoxy groups -OCH3 is 1. The molecule has 2 aromatic carbocycles. The number of carbonyl (C=O) groups is 2. The van der Waals surface area contributed by atoms with Gasteiger partial charge in [-0.3, -0.25) is 4.79 Å². The van der Waals surface area contributed by atoms with Crippen LogP contribution in [-0.4, -0.2) is 38.8 Å². The van der Waals surface area contributed by atoms with Gasteiger partial charge in [-0.25, -0.2) is 4.79 Å². The molecule has 0 spiro atoms. The minimum atomic E-state index is -0.546. The summed E-state index contributed by atoms with van der Waals surface area (Å²) < 4.78 is 21.8. The van der Waals surface area contributed by atoms with Gasteiger partial charge in [0.05, 0.1) is 23.9 Å². The van der Waals surface area contributed by atoms with Crippen LogP contribution >= 0.6 is 22.6 Å². The Hall–Kier alpha value is -3.26. The minimum absolute atomic E-state index is 0.0830. The Balaban J connectivity index is 2.25. The third-order valence-corrected chi connectivity index (χ3v) is 4.79. The van der Waals surface area contributed by atoms with Crippen molar-refractivity contribution in [3.8, 4) is 23.3 Å². The normalized spacial score (nSPS) is 10.7. The van der Waals surface area contributed by atoms with Gasteiger partial charge >= 0.3 is 5.97 Å². The maximum absolute atomic E-state index is 12.6. The zero-order chi connectivity index (χ0) is 23.5. The molecule has 0 aromatic heterocycles. The summed E-state index contributed by atoms with van der Waals surface area (Å²) in [4.78, 5) is 24.0. The number of ether oxygens (including phenoxy) is 4. The molecule has 1 N–H and O–H groups in total. The lowest BCUT2D eigenvalue weighted by Crippen LogP contribution is -2.14. The monoisotopic (exact) mass is 550 g/mol. The van der Waals surface area contributed by atoms with Gasteiger partial charge in [-0.15, -0.1) is 0 Å². The molecule has 0 atom stereocenters. The first-order valence-corrected chi connectivity index (χ1v) is 10.8. The van der Waals surface area contributed by atoms with Crippen molar-refractivity contribution < 1.29 is 28.5 Å². The molecule has 0 heterocycles. The molecule has 168 valence electrons. The number of nitrogens with zero attached hydrogens (tertiary/aromatic N) is 1. The number of carbonyl (C=O) groups excluding carboxylic acids is 2. The number of amides is 1. The van der Waals surface area contributed by atoms with Crippen LogP contribution in [0.4, 0.5) is 5.69 Å². The highest BCUT2D eigenvalue weighted by Crippen LogP contribution is 2.35. The van der Waals surface area contributed by atoms with Crippen molar-refractivity contribution in [2.45, 2.75) is 13.8 Å². The first-order valence-electron chi connectivity index (χ1n) is 9.73. The summed E-state index contributed by atoms with van der Waals surface area (Å²) in [5.41, 5.74) is 1.03. The van der Waals surface area contributed by atoms with E-state index in [0.717, 1.165) is 0 Å². The van der Waals surface area contributed by atoms with Crippen molar-refractivity contribution in [2.24, 2.45) is 0 Å². The summed E-state index contributed by atoms with van der Waals surface area (Å²) in [5, 5.41) is 12.2. The standard InChI is InChI=1S/C23H23IN2O6/c1-4-30-18-8-6-17(7-9-18)26-23(28)16(13-25)10-15-11-19(24)22(20(12-15)31-5-2)32-14-21(27)29-3/h6-12H,4-5,14H2,1-3H3,(H,26,28)/b16-10+. The molecule has 0 aliphatic carbocycles. The largest absolute Gasteiger partial charge is 0.494 e. The van der Waals surface area contributed by atoms with Crippen LogP contribution in [0, 0.1) is 14.9 Å². The van der Waals surface area contributed by atoms with Crippen LogP contribution in [0.5, 0.6) is 17.2 Å². The maximum Gasteiger partial charge on any atom is 0.343 e. The van der Waals surface area contributed by atoms with Gasteiger partial charge in [-0.1, -0.05) is 0 Å². The van der Waals surface area contributed by atoms with E-state index < -0.39 is 11.9 Å². The van der Waals surface area contributed by atoms with E-state index in [0.29, 0.717) is 45.3 Å². The van der Waals surface area contributed by atoms with E-state index in [1.807, 2.05) is 42.5 Å². The second kappa shape index (κ2) is 12.6. The summed E-state index contributed by atoms with van der Waals surface area (Å²) in [6, 6.07) is 12.1. The molecule has 2 rings (SSSR count). The molecule has 0 aliphatic heterocycles. The fraction of sp³-hybridized carbons (Fsp3) is 0.261. The number of anilines is 1. The highest BCUT2D eigenvalue weighted by Gasteiger charge is 2.16. The van der Waals surface area contributed by atoms with Gasteiger partial charge in [-0.05, 0) is 84.5 Å². The Morgan fingerprint density at radius 3 is 2.38 bits per heavy atom. The van der Waals surface area contributed by atoms with Gasteiger partial charge in [0, 0.05) is 5.69 Å². The highest BCUT2D eigenvalue weighted by molar-refractivity contribution is 14.1. The molecule has 0 aliphatic rings. The Morgan fingerprint density at radius 2 is 1.78 bits per heavy atom. The molecule has 0 bridgehead atoms. The van der Waals surface area contributed by atoms with Gasteiger partial charge in [-0.2, -0.15) is 5.26 Å². The van der Waals surface area contributed by atoms with E-state index in [4.69, 9.17) is 14.2 Å². The maximum atomic E-state index is 12.6. The quantitative estimate of drug-likeness (QED) is 0.205. The third-order valence-electron chi connectivity index (χ3n) is 3.99. The summed E-state index contributed by atoms with van der Waals surface area (Å²) >= 11 is 2.03. The highest BCUT2D eigenvalue weighted by atomic mass is 127. The topological polar surface area (TPSA) is 107 Å². The second-order valence-electron chi connectivity index (χ2n) is 6.21. The van der Waals surface area contributed by atoms with Gasteiger partial charge in [0.25, 0.3) is 5.91 Å². The Kier molecular flexibility index (Phi) is 9.81. The molecule has 0 fully saturated rings. The van der Waals surface area contributed by atoms with Crippen molar-refractivity contribution in [3.05, 3.63) is 51.1 Å². The van der Waals surface area contributed by atoms with Crippen LogP contribution in [0.1, 0.15) is 19.4 Å². The summed E-state index contributed by atoms with van der Waals surface area (Å²) in [6.45, 7) is 4.33. The zero-order valence-electron chi connectivity index (χ0n) is 17.9. The zero-order valence-corrected chi connectivity index (χ0v) is 20.1. The molecular weight excluding hydrogens is 527 g/mol. The van der Waals surface area contributed by atoms with Gasteiger partial charge < -0.3 is 24.3 Å². The van der Waals surface area contributed by atoms with Crippen molar-refractivity contribution in [3.63, 3.8) is 0 Å². The number of nitriles is 1. The molecular formula is C23H23IN2O6. The summed E-state index contributed by atoms with van der Waals surface area (Å²) in [5.74, 6) is 0.390. The van der Waals surface area contributed by atoms with E-state index in [1.165, 1.54) is 13.2 Å². The van der Waals surface area contributed by atoms with Crippen LogP contribution < -0.4 is 19.5 Å². The number of hydrogen-bond acceptors (Lipinski definition) is 7. The van der Waals surface area contributed by atoms with Crippen molar-refractivity contribution in [1.29, 1.82) is 5.26 Å². The summed E-state index contributed by atoms with van der Waals surface area (Å²) in [7, 11) is 1.27. The first-order chi connectivity index (χ1) is 15.4. The number of esters is 1. The predicted octanol–water partition coefficient (Wildman–Crippen LogP) is 4.19. The fourth-order valence-electron chi connectivity index (χ4n) is 2.58. The average Bonchev–Trinajstić information content (AvgIpc) is 2.78. The smallest absolute Gasteiger partial charge is 0.343 e. The Labute approximate surface area is 200 Å². The van der Waals surface area contributed by atoms with Gasteiger partial charge in [0.1, 0.15) is 17.4 Å². The van der Waals surface area contributed by atoms with Crippen molar-refractivity contribution in [1.82, 2.24) is 0 Å². The van der Waals surface area contributed by atoms with E-state index in [9.17, 15) is 14.9 Å². The Morgan fingerprint density at radius 1 is 1.09 bits per heavy atom. The minimum Gasteiger partial charge on any atom is -0.494 e. The molecule has 0 saturated carbocycles. The predicted molar refractivity (Wildman–Crippen MR) is 128 cm³/mol.